The molecule has 0 aromatic heterocycles. The number of hydrogen-bond acceptors (Lipinski definition) is 2. The highest BCUT2D eigenvalue weighted by molar-refractivity contribution is 5.76. The van der Waals surface area contributed by atoms with E-state index in [2.05, 4.69) is 10.6 Å². The van der Waals surface area contributed by atoms with Crippen LogP contribution in [0.4, 0.5) is 13.2 Å². The molecule has 100 valence electrons. The van der Waals surface area contributed by atoms with Gasteiger partial charge in [-0.3, -0.25) is 4.79 Å². The molecule has 1 fully saturated rings. The van der Waals surface area contributed by atoms with Gasteiger partial charge in [0.05, 0.1) is 0 Å². The Morgan fingerprint density at radius 1 is 1.35 bits per heavy atom. The Morgan fingerprint density at radius 3 is 2.71 bits per heavy atom. The van der Waals surface area contributed by atoms with Crippen LogP contribution in [0.25, 0.3) is 0 Å². The third-order valence-corrected chi connectivity index (χ3v) is 2.85. The molecule has 1 amide bonds. The largest absolute Gasteiger partial charge is 0.389 e. The number of alkyl halides is 3. The molecule has 1 aliphatic heterocycles. The van der Waals surface area contributed by atoms with Crippen molar-refractivity contribution in [3.63, 3.8) is 0 Å². The summed E-state index contributed by atoms with van der Waals surface area (Å²) in [7, 11) is 0. The van der Waals surface area contributed by atoms with Gasteiger partial charge in [-0.25, -0.2) is 0 Å². The van der Waals surface area contributed by atoms with Crippen molar-refractivity contribution in [3.05, 3.63) is 0 Å². The lowest BCUT2D eigenvalue weighted by atomic mass is 10.0. The quantitative estimate of drug-likeness (QED) is 0.708. The number of amides is 1. The molecule has 2 N–H and O–H groups in total. The molecule has 0 aromatic carbocycles. The van der Waals surface area contributed by atoms with Gasteiger partial charge in [-0.2, -0.15) is 13.2 Å². The average molecular weight is 252 g/mol. The summed E-state index contributed by atoms with van der Waals surface area (Å²) in [6.07, 6.45) is -2.91. The minimum atomic E-state index is -4.08. The first-order chi connectivity index (χ1) is 7.97. The first-order valence-corrected chi connectivity index (χ1v) is 6.01. The molecule has 6 heteroatoms. The molecule has 1 saturated heterocycles. The van der Waals surface area contributed by atoms with Gasteiger partial charge in [0.2, 0.25) is 5.91 Å². The summed E-state index contributed by atoms with van der Waals surface area (Å²) in [5.74, 6) is 0.330. The lowest BCUT2D eigenvalue weighted by Gasteiger charge is -2.09. The van der Waals surface area contributed by atoms with E-state index in [1.807, 2.05) is 0 Å². The van der Waals surface area contributed by atoms with Crippen molar-refractivity contribution in [2.75, 3.05) is 19.6 Å². The molecule has 0 radical (unpaired) electrons. The molecule has 0 aliphatic carbocycles. The molecule has 1 unspecified atom stereocenters. The van der Waals surface area contributed by atoms with Crippen LogP contribution in [0, 0.1) is 5.92 Å². The molecule has 1 heterocycles. The number of halogens is 3. The summed E-state index contributed by atoms with van der Waals surface area (Å²) in [6, 6.07) is 0. The maximum atomic E-state index is 11.8. The van der Waals surface area contributed by atoms with E-state index in [-0.39, 0.29) is 12.3 Å². The van der Waals surface area contributed by atoms with Crippen molar-refractivity contribution < 1.29 is 18.0 Å². The van der Waals surface area contributed by atoms with Crippen molar-refractivity contribution in [3.8, 4) is 0 Å². The highest BCUT2D eigenvalue weighted by atomic mass is 19.4. The first kappa shape index (κ1) is 14.3. The smallest absolute Gasteiger partial charge is 0.356 e. The van der Waals surface area contributed by atoms with Crippen molar-refractivity contribution in [2.45, 2.75) is 38.3 Å². The monoisotopic (exact) mass is 252 g/mol. The Balaban J connectivity index is 1.96. The van der Waals surface area contributed by atoms with Crippen LogP contribution in [0.2, 0.25) is 0 Å². The minimum absolute atomic E-state index is 0.0503. The number of hydrogen-bond donors (Lipinski definition) is 2. The molecule has 0 saturated carbocycles. The van der Waals surface area contributed by atoms with Gasteiger partial charge in [-0.15, -0.1) is 0 Å². The highest BCUT2D eigenvalue weighted by Crippen LogP contribution is 2.21. The molecule has 1 rings (SSSR count). The number of rotatable bonds is 6. The maximum absolute atomic E-state index is 11.8. The topological polar surface area (TPSA) is 41.1 Å². The Kier molecular flexibility index (Phi) is 5.74. The summed E-state index contributed by atoms with van der Waals surface area (Å²) in [5.41, 5.74) is 0. The first-order valence-electron chi connectivity index (χ1n) is 6.01. The van der Waals surface area contributed by atoms with Gasteiger partial charge in [0, 0.05) is 19.4 Å². The molecular formula is C11H19F3N2O. The average Bonchev–Trinajstić information content (AvgIpc) is 2.68. The van der Waals surface area contributed by atoms with Crippen LogP contribution in [0.1, 0.15) is 32.1 Å². The van der Waals surface area contributed by atoms with Gasteiger partial charge >= 0.3 is 6.18 Å². The Hall–Kier alpha value is -0.780. The van der Waals surface area contributed by atoms with Gasteiger partial charge in [0.25, 0.3) is 0 Å². The fourth-order valence-electron chi connectivity index (χ4n) is 1.90. The summed E-state index contributed by atoms with van der Waals surface area (Å²) >= 11 is 0. The van der Waals surface area contributed by atoms with Crippen LogP contribution in [0.15, 0.2) is 0 Å². The fourth-order valence-corrected chi connectivity index (χ4v) is 1.90. The van der Waals surface area contributed by atoms with Crippen LogP contribution >= 0.6 is 0 Å². The summed E-state index contributed by atoms with van der Waals surface area (Å²) < 4.78 is 35.5. The zero-order valence-electron chi connectivity index (χ0n) is 9.78. The third-order valence-electron chi connectivity index (χ3n) is 2.85. The Labute approximate surface area is 99.1 Å². The molecule has 0 aromatic rings. The highest BCUT2D eigenvalue weighted by Gasteiger charge is 2.25. The van der Waals surface area contributed by atoms with Crippen molar-refractivity contribution in [1.29, 1.82) is 0 Å². The normalized spacial score (nSPS) is 20.5. The van der Waals surface area contributed by atoms with Gasteiger partial charge in [-0.05, 0) is 38.3 Å². The number of unbranched alkanes of at least 4 members (excludes halogenated alkanes) is 1. The zero-order chi connectivity index (χ0) is 12.7. The molecular weight excluding hydrogens is 233 g/mol. The zero-order valence-corrected chi connectivity index (χ0v) is 9.78. The SMILES string of the molecule is O=C(CC1CCNC1)NCCCCC(F)(F)F. The lowest BCUT2D eigenvalue weighted by Crippen LogP contribution is -2.27. The maximum Gasteiger partial charge on any atom is 0.389 e. The molecule has 0 spiro atoms. The second-order valence-electron chi connectivity index (χ2n) is 4.49. The minimum Gasteiger partial charge on any atom is -0.356 e. The number of nitrogens with one attached hydrogen (secondary N) is 2. The van der Waals surface area contributed by atoms with Crippen LogP contribution in [-0.2, 0) is 4.79 Å². The van der Waals surface area contributed by atoms with E-state index in [1.54, 1.807) is 0 Å². The van der Waals surface area contributed by atoms with Crippen LogP contribution in [-0.4, -0.2) is 31.7 Å². The molecule has 1 aliphatic rings. The van der Waals surface area contributed by atoms with Crippen molar-refractivity contribution >= 4 is 5.91 Å². The third kappa shape index (κ3) is 7.20. The summed E-state index contributed by atoms with van der Waals surface area (Å²) in [6.45, 7) is 2.15. The van der Waals surface area contributed by atoms with E-state index in [4.69, 9.17) is 0 Å². The van der Waals surface area contributed by atoms with E-state index in [0.717, 1.165) is 19.5 Å². The predicted octanol–water partition coefficient (Wildman–Crippen LogP) is 1.83. The summed E-state index contributed by atoms with van der Waals surface area (Å²) in [5, 5.41) is 5.83. The standard InChI is InChI=1S/C11H19F3N2O/c12-11(13,14)4-1-2-5-16-10(17)7-9-3-6-15-8-9/h9,15H,1-8H2,(H,16,17). The number of carbonyl (C=O) groups is 1. The van der Waals surface area contributed by atoms with Crippen LogP contribution in [0.3, 0.4) is 0 Å². The van der Waals surface area contributed by atoms with Gasteiger partial charge < -0.3 is 10.6 Å². The van der Waals surface area contributed by atoms with E-state index >= 15 is 0 Å². The van der Waals surface area contributed by atoms with E-state index in [0.29, 0.717) is 25.3 Å². The Bertz CT molecular complexity index is 237. The molecule has 17 heavy (non-hydrogen) atoms. The van der Waals surface area contributed by atoms with Gasteiger partial charge in [-0.1, -0.05) is 0 Å². The van der Waals surface area contributed by atoms with Crippen LogP contribution in [0.5, 0.6) is 0 Å². The second kappa shape index (κ2) is 6.83. The molecule has 0 bridgehead atoms. The van der Waals surface area contributed by atoms with E-state index in [9.17, 15) is 18.0 Å². The van der Waals surface area contributed by atoms with Gasteiger partial charge in [0.1, 0.15) is 0 Å². The van der Waals surface area contributed by atoms with Crippen molar-refractivity contribution in [1.82, 2.24) is 10.6 Å². The molecule has 1 atom stereocenters. The van der Waals surface area contributed by atoms with Gasteiger partial charge in [0.15, 0.2) is 0 Å². The predicted molar refractivity (Wildman–Crippen MR) is 58.5 cm³/mol. The number of carbonyl (C=O) groups excluding carboxylic acids is 1. The van der Waals surface area contributed by atoms with E-state index < -0.39 is 12.6 Å². The Morgan fingerprint density at radius 2 is 2.12 bits per heavy atom. The second-order valence-corrected chi connectivity index (χ2v) is 4.49. The molecule has 3 nitrogen and oxygen atoms in total. The van der Waals surface area contributed by atoms with Crippen LogP contribution < -0.4 is 10.6 Å². The summed E-state index contributed by atoms with van der Waals surface area (Å²) in [4.78, 5) is 11.4. The van der Waals surface area contributed by atoms with Crippen molar-refractivity contribution in [2.24, 2.45) is 5.92 Å². The fraction of sp³-hybridized carbons (Fsp3) is 0.909. The lowest BCUT2D eigenvalue weighted by molar-refractivity contribution is -0.135. The van der Waals surface area contributed by atoms with E-state index in [1.165, 1.54) is 0 Å².